The van der Waals surface area contributed by atoms with Crippen LogP contribution in [0.5, 0.6) is 0 Å². The Hall–Kier alpha value is -1.11. The van der Waals surface area contributed by atoms with Crippen molar-refractivity contribution in [1.82, 2.24) is 5.06 Å². The Morgan fingerprint density at radius 2 is 2.15 bits per heavy atom. The van der Waals surface area contributed by atoms with Crippen molar-refractivity contribution in [2.75, 3.05) is 25.7 Å². The third-order valence-electron chi connectivity index (χ3n) is 1.08. The topological polar surface area (TPSA) is 81.9 Å². The fourth-order valence-corrected chi connectivity index (χ4v) is 0.907. The number of methoxy groups -OCH3 is 1. The van der Waals surface area contributed by atoms with E-state index in [0.717, 1.165) is 5.06 Å². The van der Waals surface area contributed by atoms with Crippen molar-refractivity contribution in [3.63, 3.8) is 0 Å². The fraction of sp³-hybridized carbons (Fsp3) is 0.667. The first-order valence-corrected chi connectivity index (χ1v) is 4.83. The number of primary amides is 1. The Bertz CT molecular complexity index is 187. The molecule has 0 spiro atoms. The highest BCUT2D eigenvalue weighted by molar-refractivity contribution is 7.98. The summed E-state index contributed by atoms with van der Waals surface area (Å²) in [7, 11) is 1.19. The monoisotopic (exact) mass is 208 g/mol. The van der Waals surface area contributed by atoms with Crippen LogP contribution in [0.3, 0.4) is 0 Å². The number of hydrogen-bond acceptors (Lipinski definition) is 5. The van der Waals surface area contributed by atoms with Gasteiger partial charge < -0.3 is 15.3 Å². The van der Waals surface area contributed by atoms with Crippen LogP contribution in [-0.2, 0) is 9.57 Å². The lowest BCUT2D eigenvalue weighted by molar-refractivity contribution is -0.0716. The highest BCUT2D eigenvalue weighted by atomic mass is 32.2. The fourth-order valence-electron chi connectivity index (χ4n) is 0.559. The van der Waals surface area contributed by atoms with E-state index in [9.17, 15) is 9.59 Å². The van der Waals surface area contributed by atoms with Crippen molar-refractivity contribution in [2.24, 2.45) is 5.73 Å². The van der Waals surface area contributed by atoms with Gasteiger partial charge in [-0.1, -0.05) is 0 Å². The molecule has 0 unspecified atom stereocenters. The van der Waals surface area contributed by atoms with Crippen LogP contribution in [-0.4, -0.2) is 42.9 Å². The van der Waals surface area contributed by atoms with Gasteiger partial charge in [-0.15, -0.1) is 5.06 Å². The second-order valence-corrected chi connectivity index (χ2v) is 2.96. The number of carbonyl (C=O) groups excluding carboxylic acids is 2. The molecule has 13 heavy (non-hydrogen) atoms. The van der Waals surface area contributed by atoms with Crippen molar-refractivity contribution < 1.29 is 19.2 Å². The highest BCUT2D eigenvalue weighted by Crippen LogP contribution is 1.99. The standard InChI is InChI=1S/C6H12N2O4S/c1-11-6(10)8(3-4-13-2)12-5(7)9/h3-4H2,1-2H3,(H2,7,9). The number of rotatable bonds is 3. The lowest BCUT2D eigenvalue weighted by atomic mass is 10.7. The molecule has 0 aromatic carbocycles. The van der Waals surface area contributed by atoms with Gasteiger partial charge in [-0.3, -0.25) is 0 Å². The van der Waals surface area contributed by atoms with Gasteiger partial charge in [0.1, 0.15) is 0 Å². The molecule has 0 heterocycles. The Morgan fingerprint density at radius 3 is 2.54 bits per heavy atom. The van der Waals surface area contributed by atoms with Gasteiger partial charge in [0.05, 0.1) is 13.7 Å². The Morgan fingerprint density at radius 1 is 1.54 bits per heavy atom. The maximum absolute atomic E-state index is 10.9. The molecule has 76 valence electrons. The van der Waals surface area contributed by atoms with Gasteiger partial charge in [-0.25, -0.2) is 9.59 Å². The number of thioether (sulfide) groups is 1. The number of hydrogen-bond donors (Lipinski definition) is 1. The average Bonchev–Trinajstić information content (AvgIpc) is 2.10. The molecule has 0 aliphatic heterocycles. The lowest BCUT2D eigenvalue weighted by Gasteiger charge is -2.17. The molecule has 0 aromatic heterocycles. The molecule has 0 rings (SSSR count). The van der Waals surface area contributed by atoms with Crippen LogP contribution in [0.1, 0.15) is 0 Å². The third kappa shape index (κ3) is 5.18. The predicted octanol–water partition coefficient (Wildman–Crippen LogP) is 0.428. The Labute approximate surface area is 80.3 Å². The van der Waals surface area contributed by atoms with Crippen LogP contribution in [0.25, 0.3) is 0 Å². The molecule has 0 fully saturated rings. The average molecular weight is 208 g/mol. The van der Waals surface area contributed by atoms with E-state index >= 15 is 0 Å². The lowest BCUT2D eigenvalue weighted by Crippen LogP contribution is -2.37. The van der Waals surface area contributed by atoms with E-state index in [2.05, 4.69) is 9.57 Å². The van der Waals surface area contributed by atoms with Crippen molar-refractivity contribution in [3.8, 4) is 0 Å². The van der Waals surface area contributed by atoms with Crippen molar-refractivity contribution in [3.05, 3.63) is 0 Å². The number of nitrogens with zero attached hydrogens (tertiary/aromatic N) is 1. The molecule has 0 bridgehead atoms. The number of nitrogens with two attached hydrogens (primary N) is 1. The zero-order valence-corrected chi connectivity index (χ0v) is 8.30. The first-order chi connectivity index (χ1) is 6.11. The normalized spacial score (nSPS) is 9.08. The Kier molecular flexibility index (Phi) is 5.86. The second-order valence-electron chi connectivity index (χ2n) is 1.98. The van der Waals surface area contributed by atoms with Gasteiger partial charge in [0.2, 0.25) is 0 Å². The summed E-state index contributed by atoms with van der Waals surface area (Å²) in [5.74, 6) is 0.627. The minimum Gasteiger partial charge on any atom is -0.451 e. The quantitative estimate of drug-likeness (QED) is 0.680. The largest absolute Gasteiger partial charge is 0.451 e. The van der Waals surface area contributed by atoms with Crippen molar-refractivity contribution in [2.45, 2.75) is 0 Å². The van der Waals surface area contributed by atoms with Crippen molar-refractivity contribution >= 4 is 23.9 Å². The molecular weight excluding hydrogens is 196 g/mol. The minimum absolute atomic E-state index is 0.247. The van der Waals surface area contributed by atoms with E-state index in [1.54, 1.807) is 0 Å². The zero-order valence-electron chi connectivity index (χ0n) is 7.48. The van der Waals surface area contributed by atoms with Gasteiger partial charge >= 0.3 is 12.2 Å². The summed E-state index contributed by atoms with van der Waals surface area (Å²) < 4.78 is 4.36. The summed E-state index contributed by atoms with van der Waals surface area (Å²) in [5.41, 5.74) is 4.74. The molecule has 0 saturated heterocycles. The van der Waals surface area contributed by atoms with Crippen LogP contribution in [0, 0.1) is 0 Å². The van der Waals surface area contributed by atoms with Crippen molar-refractivity contribution in [1.29, 1.82) is 0 Å². The first-order valence-electron chi connectivity index (χ1n) is 3.43. The number of carbonyl (C=O) groups is 2. The number of amides is 2. The van der Waals surface area contributed by atoms with E-state index in [1.165, 1.54) is 18.9 Å². The summed E-state index contributed by atoms with van der Waals surface area (Å²) in [6, 6.07) is 0. The number of hydroxylamine groups is 2. The first kappa shape index (κ1) is 11.9. The maximum atomic E-state index is 10.9. The maximum Gasteiger partial charge on any atom is 0.443 e. The molecule has 6 nitrogen and oxygen atoms in total. The van der Waals surface area contributed by atoms with Gasteiger partial charge in [0.25, 0.3) is 0 Å². The van der Waals surface area contributed by atoms with E-state index in [4.69, 9.17) is 5.73 Å². The summed E-state index contributed by atoms with van der Waals surface area (Å²) in [6.45, 7) is 0.247. The predicted molar refractivity (Wildman–Crippen MR) is 48.2 cm³/mol. The van der Waals surface area contributed by atoms with Crippen LogP contribution in [0.4, 0.5) is 9.59 Å². The van der Waals surface area contributed by atoms with Gasteiger partial charge in [0.15, 0.2) is 0 Å². The van der Waals surface area contributed by atoms with E-state index in [-0.39, 0.29) is 6.54 Å². The summed E-state index contributed by atoms with van der Waals surface area (Å²) >= 11 is 1.50. The zero-order chi connectivity index (χ0) is 10.3. The van der Waals surface area contributed by atoms with Crippen LogP contribution >= 0.6 is 11.8 Å². The third-order valence-corrected chi connectivity index (χ3v) is 1.67. The molecule has 0 aliphatic rings. The summed E-state index contributed by atoms with van der Waals surface area (Å²) in [6.07, 6.45) is 0.0825. The van der Waals surface area contributed by atoms with Gasteiger partial charge in [-0.05, 0) is 6.26 Å². The Balaban J connectivity index is 4.02. The summed E-state index contributed by atoms with van der Waals surface area (Å²) in [5, 5.41) is 0.777. The van der Waals surface area contributed by atoms with Crippen LogP contribution < -0.4 is 5.73 Å². The summed E-state index contributed by atoms with van der Waals surface area (Å²) in [4.78, 5) is 25.6. The highest BCUT2D eigenvalue weighted by Gasteiger charge is 2.16. The molecule has 0 aromatic rings. The molecule has 2 N–H and O–H groups in total. The molecule has 7 heteroatoms. The second kappa shape index (κ2) is 6.41. The van der Waals surface area contributed by atoms with Gasteiger partial charge in [-0.2, -0.15) is 11.8 Å². The smallest absolute Gasteiger partial charge is 0.443 e. The minimum atomic E-state index is -1.04. The van der Waals surface area contributed by atoms with Crippen LogP contribution in [0.15, 0.2) is 0 Å². The van der Waals surface area contributed by atoms with E-state index in [0.29, 0.717) is 5.75 Å². The molecule has 2 amide bonds. The molecule has 0 atom stereocenters. The van der Waals surface area contributed by atoms with E-state index < -0.39 is 12.2 Å². The SMILES string of the molecule is COC(=O)N(CCSC)OC(N)=O. The van der Waals surface area contributed by atoms with E-state index in [1.807, 2.05) is 6.26 Å². The molecule has 0 aliphatic carbocycles. The molecule has 0 saturated carbocycles. The van der Waals surface area contributed by atoms with Crippen LogP contribution in [0.2, 0.25) is 0 Å². The number of ether oxygens (including phenoxy) is 1. The van der Waals surface area contributed by atoms with Gasteiger partial charge in [0, 0.05) is 5.75 Å². The molecule has 0 radical (unpaired) electrons. The molecular formula is C6H12N2O4S.